The number of aliphatic hydroxyl groups is 1. The van der Waals surface area contributed by atoms with Crippen LogP contribution in [0.4, 0.5) is 9.59 Å². The number of nitrogens with zero attached hydrogens (tertiary/aromatic N) is 4. The fourth-order valence-corrected chi connectivity index (χ4v) is 3.76. The first kappa shape index (κ1) is 28.2. The number of primary amides is 1. The van der Waals surface area contributed by atoms with E-state index in [9.17, 15) is 14.7 Å². The average molecular weight is 555 g/mol. The number of nitrogens with one attached hydrogen (secondary N) is 1. The van der Waals surface area contributed by atoms with Crippen molar-refractivity contribution < 1.29 is 28.9 Å². The van der Waals surface area contributed by atoms with Gasteiger partial charge in [0, 0.05) is 5.56 Å². The van der Waals surface area contributed by atoms with Gasteiger partial charge in [-0.05, 0) is 45.7 Å². The number of halogens is 2. The smallest absolute Gasteiger partial charge is 0.411 e. The summed E-state index contributed by atoms with van der Waals surface area (Å²) in [6.07, 6.45) is 2.07. The van der Waals surface area contributed by atoms with Gasteiger partial charge in [0.25, 0.3) is 5.88 Å². The minimum absolute atomic E-state index is 0.0663. The van der Waals surface area contributed by atoms with Crippen molar-refractivity contribution in [2.75, 3.05) is 13.2 Å². The third-order valence-corrected chi connectivity index (χ3v) is 5.79. The highest BCUT2D eigenvalue weighted by Gasteiger charge is 2.20. The highest BCUT2D eigenvalue weighted by molar-refractivity contribution is 6.42. The van der Waals surface area contributed by atoms with E-state index in [-0.39, 0.29) is 31.2 Å². The van der Waals surface area contributed by atoms with Crippen molar-refractivity contribution >= 4 is 46.6 Å². The molecule has 3 aromatic rings. The lowest BCUT2D eigenvalue weighted by atomic mass is 10.1. The molecule has 0 bridgehead atoms. The molecule has 0 saturated carbocycles. The molecule has 0 aliphatic rings. The summed E-state index contributed by atoms with van der Waals surface area (Å²) in [5.41, 5.74) is 5.66. The first-order valence-corrected chi connectivity index (χ1v) is 12.1. The van der Waals surface area contributed by atoms with Crippen LogP contribution < -0.4 is 20.5 Å². The maximum atomic E-state index is 12.0. The number of aromatic nitrogens is 4. The number of hydrogen-bond donors (Lipinski definition) is 3. The largest absolute Gasteiger partial charge is 0.493 e. The van der Waals surface area contributed by atoms with E-state index >= 15 is 0 Å². The van der Waals surface area contributed by atoms with Gasteiger partial charge in [-0.15, -0.1) is 0 Å². The average Bonchev–Trinajstić information content (AvgIpc) is 3.22. The Labute approximate surface area is 223 Å². The molecule has 2 aromatic heterocycles. The number of amides is 2. The van der Waals surface area contributed by atoms with Crippen molar-refractivity contribution in [3.63, 3.8) is 0 Å². The molecular weight excluding hydrogens is 527 g/mol. The van der Waals surface area contributed by atoms with Crippen molar-refractivity contribution in [3.05, 3.63) is 40.4 Å². The van der Waals surface area contributed by atoms with E-state index in [1.807, 2.05) is 0 Å². The Morgan fingerprint density at radius 3 is 2.65 bits per heavy atom. The lowest BCUT2D eigenvalue weighted by molar-refractivity contribution is 0.0476. The number of benzene rings is 1. The highest BCUT2D eigenvalue weighted by Crippen LogP contribution is 2.34. The zero-order valence-electron chi connectivity index (χ0n) is 20.5. The van der Waals surface area contributed by atoms with Gasteiger partial charge in [0.15, 0.2) is 11.2 Å². The monoisotopic (exact) mass is 554 g/mol. The van der Waals surface area contributed by atoms with Gasteiger partial charge in [0.05, 0.1) is 42.2 Å². The van der Waals surface area contributed by atoms with Crippen LogP contribution in [0.1, 0.15) is 39.2 Å². The molecule has 0 aliphatic carbocycles. The van der Waals surface area contributed by atoms with Crippen LogP contribution in [-0.4, -0.2) is 61.7 Å². The molecule has 37 heavy (non-hydrogen) atoms. The van der Waals surface area contributed by atoms with E-state index in [1.165, 1.54) is 12.7 Å². The predicted molar refractivity (Wildman–Crippen MR) is 136 cm³/mol. The van der Waals surface area contributed by atoms with Crippen molar-refractivity contribution in [1.82, 2.24) is 24.8 Å². The Morgan fingerprint density at radius 2 is 1.97 bits per heavy atom. The molecule has 0 spiro atoms. The molecule has 0 unspecified atom stereocenters. The summed E-state index contributed by atoms with van der Waals surface area (Å²) in [4.78, 5) is 35.4. The summed E-state index contributed by atoms with van der Waals surface area (Å²) in [6, 6.07) is 2.83. The lowest BCUT2D eigenvalue weighted by Crippen LogP contribution is -2.41. The van der Waals surface area contributed by atoms with Gasteiger partial charge >= 0.3 is 12.2 Å². The number of hydrogen-bond acceptors (Lipinski definition) is 9. The Hall–Kier alpha value is -3.35. The van der Waals surface area contributed by atoms with Crippen molar-refractivity contribution in [2.24, 2.45) is 5.73 Å². The van der Waals surface area contributed by atoms with E-state index in [0.717, 1.165) is 0 Å². The summed E-state index contributed by atoms with van der Waals surface area (Å²) in [5, 5.41) is 12.9. The van der Waals surface area contributed by atoms with Gasteiger partial charge in [-0.25, -0.2) is 19.6 Å². The lowest BCUT2D eigenvalue weighted by Gasteiger charge is -2.22. The number of fused-ring (bicyclic) bond motifs is 1. The summed E-state index contributed by atoms with van der Waals surface area (Å²) in [7, 11) is 0. The Balaban J connectivity index is 1.69. The van der Waals surface area contributed by atoms with Crippen LogP contribution in [0.3, 0.4) is 0 Å². The van der Waals surface area contributed by atoms with E-state index in [0.29, 0.717) is 39.8 Å². The van der Waals surface area contributed by atoms with Crippen LogP contribution in [0.15, 0.2) is 24.8 Å². The highest BCUT2D eigenvalue weighted by atomic mass is 35.5. The number of nitrogens with two attached hydrogens (primary N) is 1. The van der Waals surface area contributed by atoms with Crippen LogP contribution in [-0.2, 0) is 11.3 Å². The third-order valence-electron chi connectivity index (χ3n) is 4.94. The fourth-order valence-electron chi connectivity index (χ4n) is 3.37. The minimum Gasteiger partial charge on any atom is -0.493 e. The van der Waals surface area contributed by atoms with E-state index in [1.54, 1.807) is 37.5 Å². The number of carbonyl (C=O) groups excluding carboxylic acids is 2. The zero-order chi connectivity index (χ0) is 27.2. The summed E-state index contributed by atoms with van der Waals surface area (Å²) in [5.74, 6) is 0.419. The summed E-state index contributed by atoms with van der Waals surface area (Å²) in [6.45, 7) is 5.51. The number of aliphatic hydroxyl groups excluding tert-OH is 1. The molecule has 2 heterocycles. The standard InChI is InChI=1S/C23H28Cl2N6O6/c1-23(2,3)37-22(34)30-13(10-32)5-4-8-35-16-7-6-15(24)17(25)14(16)9-31-12-29-18-19(31)27-11-28-20(18)36-21(26)33/h6-7,11-13,32H,4-5,8-10H2,1-3H3,(H2,26,33)(H,30,34)/t13-/m1/s1. The third kappa shape index (κ3) is 7.81. The first-order chi connectivity index (χ1) is 17.5. The molecular formula is C23H28Cl2N6O6. The molecule has 14 heteroatoms. The van der Waals surface area contributed by atoms with Gasteiger partial charge < -0.3 is 34.9 Å². The molecule has 1 atom stereocenters. The van der Waals surface area contributed by atoms with Gasteiger partial charge in [-0.1, -0.05) is 23.2 Å². The van der Waals surface area contributed by atoms with Gasteiger partial charge in [-0.3, -0.25) is 0 Å². The minimum atomic E-state index is -1.02. The molecule has 0 saturated heterocycles. The normalized spacial score (nSPS) is 12.3. The molecule has 200 valence electrons. The number of ether oxygens (including phenoxy) is 3. The molecule has 0 fully saturated rings. The number of alkyl carbamates (subject to hydrolysis) is 1. The van der Waals surface area contributed by atoms with E-state index in [2.05, 4.69) is 20.3 Å². The van der Waals surface area contributed by atoms with Gasteiger partial charge in [0.2, 0.25) is 0 Å². The zero-order valence-corrected chi connectivity index (χ0v) is 22.0. The van der Waals surface area contributed by atoms with Crippen molar-refractivity contribution in [2.45, 2.75) is 51.8 Å². The van der Waals surface area contributed by atoms with Gasteiger partial charge in [-0.2, -0.15) is 4.98 Å². The molecule has 2 amide bonds. The van der Waals surface area contributed by atoms with Crippen molar-refractivity contribution in [1.29, 1.82) is 0 Å². The van der Waals surface area contributed by atoms with Crippen LogP contribution in [0.5, 0.6) is 11.6 Å². The maximum absolute atomic E-state index is 12.0. The van der Waals surface area contributed by atoms with Gasteiger partial charge in [0.1, 0.15) is 17.7 Å². The molecule has 1 aromatic carbocycles. The Kier molecular flexibility index (Phi) is 9.35. The van der Waals surface area contributed by atoms with Crippen molar-refractivity contribution in [3.8, 4) is 11.6 Å². The number of rotatable bonds is 10. The number of imidazole rings is 1. The van der Waals surface area contributed by atoms with E-state index in [4.69, 9.17) is 43.1 Å². The van der Waals surface area contributed by atoms with Crippen LogP contribution >= 0.6 is 23.2 Å². The van der Waals surface area contributed by atoms with E-state index < -0.39 is 23.8 Å². The molecule has 0 aliphatic heterocycles. The second-order valence-electron chi connectivity index (χ2n) is 9.00. The fraction of sp³-hybridized carbons (Fsp3) is 0.435. The summed E-state index contributed by atoms with van der Waals surface area (Å²) >= 11 is 12.8. The molecule has 3 rings (SSSR count). The second kappa shape index (κ2) is 12.3. The Morgan fingerprint density at radius 1 is 1.22 bits per heavy atom. The quantitative estimate of drug-likeness (QED) is 0.317. The first-order valence-electron chi connectivity index (χ1n) is 11.3. The van der Waals surface area contributed by atoms with Crippen LogP contribution in [0.2, 0.25) is 10.0 Å². The SMILES string of the molecule is CC(C)(C)OC(=O)N[C@@H](CO)CCCOc1ccc(Cl)c(Cl)c1Cn1cnc2c(OC(N)=O)ncnc21. The molecule has 0 radical (unpaired) electrons. The van der Waals surface area contributed by atoms with Crippen LogP contribution in [0, 0.1) is 0 Å². The summed E-state index contributed by atoms with van der Waals surface area (Å²) < 4.78 is 17.8. The molecule has 12 nitrogen and oxygen atoms in total. The maximum Gasteiger partial charge on any atom is 0.411 e. The molecule has 4 N–H and O–H groups in total. The predicted octanol–water partition coefficient (Wildman–Crippen LogP) is 3.68. The number of carbonyl (C=O) groups is 2. The topological polar surface area (TPSA) is 164 Å². The second-order valence-corrected chi connectivity index (χ2v) is 9.78. The Bertz CT molecular complexity index is 1260. The van der Waals surface area contributed by atoms with Crippen LogP contribution in [0.25, 0.3) is 11.2 Å².